The van der Waals surface area contributed by atoms with E-state index in [1.165, 1.54) is 10.9 Å². The Morgan fingerprint density at radius 2 is 1.33 bits per heavy atom. The maximum Gasteiger partial charge on any atom is 0.198 e. The van der Waals surface area contributed by atoms with E-state index < -0.39 is 6.17 Å². The second-order valence-electron chi connectivity index (χ2n) is 13.5. The number of nitrogen functional groups attached to an aromatic ring is 1. The van der Waals surface area contributed by atoms with Crippen LogP contribution >= 0.6 is 0 Å². The van der Waals surface area contributed by atoms with Crippen LogP contribution in [0.2, 0.25) is 0 Å². The van der Waals surface area contributed by atoms with Crippen molar-refractivity contribution in [2.75, 3.05) is 5.73 Å². The van der Waals surface area contributed by atoms with Crippen molar-refractivity contribution >= 4 is 67.3 Å². The van der Waals surface area contributed by atoms with Crippen LogP contribution in [0.4, 0.5) is 5.88 Å². The van der Waals surface area contributed by atoms with Crippen LogP contribution in [0.5, 0.6) is 0 Å². The Labute approximate surface area is 311 Å². The van der Waals surface area contributed by atoms with Crippen molar-refractivity contribution in [2.45, 2.75) is 13.1 Å². The highest BCUT2D eigenvalue weighted by Crippen LogP contribution is 2.41. The van der Waals surface area contributed by atoms with Gasteiger partial charge in [0, 0.05) is 38.4 Å². The first-order valence-corrected chi connectivity index (χ1v) is 18.1. The maximum atomic E-state index is 6.66. The number of nitrogens with two attached hydrogens (primary N) is 1. The standard InChI is InChI=1S/C48H34N4O2/c1-2-11-37-43-39(27-26-35(44(43)54-45(37)49)32-23-20-31(21-24-32)29-12-4-3-5-13-29)48-51-46(34-25-22-30-14-6-7-15-33(30)28-34)50-47(52-48)38-17-10-19-41-42(38)36-16-8-9-18-40(36)53-41/h2-28,46H,49H2,1H3,(H,50,51,52)/b11-2-. The molecule has 54 heavy (non-hydrogen) atoms. The van der Waals surface area contributed by atoms with E-state index in [1.807, 2.05) is 55.5 Å². The average Bonchev–Trinajstić information content (AvgIpc) is 3.78. The maximum absolute atomic E-state index is 6.66. The summed E-state index contributed by atoms with van der Waals surface area (Å²) in [5, 5.41) is 8.91. The zero-order valence-electron chi connectivity index (χ0n) is 29.5. The van der Waals surface area contributed by atoms with Gasteiger partial charge >= 0.3 is 0 Å². The quantitative estimate of drug-likeness (QED) is 0.181. The summed E-state index contributed by atoms with van der Waals surface area (Å²) < 4.78 is 12.7. The molecule has 10 rings (SSSR count). The number of nitrogens with one attached hydrogen (secondary N) is 1. The number of aliphatic imine (C=N–C) groups is 2. The first-order valence-electron chi connectivity index (χ1n) is 18.1. The van der Waals surface area contributed by atoms with Gasteiger partial charge in [0.05, 0.1) is 0 Å². The predicted molar refractivity (Wildman–Crippen MR) is 223 cm³/mol. The Balaban J connectivity index is 1.18. The van der Waals surface area contributed by atoms with E-state index in [-0.39, 0.29) is 0 Å². The second kappa shape index (κ2) is 12.8. The van der Waals surface area contributed by atoms with Crippen LogP contribution in [0, 0.1) is 0 Å². The topological polar surface area (TPSA) is 89.0 Å². The predicted octanol–water partition coefficient (Wildman–Crippen LogP) is 11.9. The molecule has 258 valence electrons. The number of hydrogen-bond donors (Lipinski definition) is 2. The van der Waals surface area contributed by atoms with Gasteiger partial charge in [-0.15, -0.1) is 0 Å². The van der Waals surface area contributed by atoms with E-state index >= 15 is 0 Å². The number of nitrogens with zero attached hydrogens (tertiary/aromatic N) is 2. The monoisotopic (exact) mass is 698 g/mol. The second-order valence-corrected chi connectivity index (χ2v) is 13.5. The fourth-order valence-corrected chi connectivity index (χ4v) is 7.69. The molecule has 1 aliphatic rings. The van der Waals surface area contributed by atoms with Gasteiger partial charge in [-0.25, -0.2) is 9.98 Å². The highest BCUT2D eigenvalue weighted by Gasteiger charge is 2.27. The molecule has 1 atom stereocenters. The number of hydrogen-bond acceptors (Lipinski definition) is 6. The molecule has 0 spiro atoms. The first-order chi connectivity index (χ1) is 26.6. The first kappa shape index (κ1) is 31.5. The van der Waals surface area contributed by atoms with E-state index in [1.54, 1.807) is 0 Å². The Hall–Kier alpha value is -7.18. The van der Waals surface area contributed by atoms with Gasteiger partial charge in [-0.2, -0.15) is 0 Å². The van der Waals surface area contributed by atoms with Gasteiger partial charge in [0.15, 0.2) is 11.7 Å². The molecule has 2 aromatic heterocycles. The summed E-state index contributed by atoms with van der Waals surface area (Å²) in [7, 11) is 0. The number of benzene rings is 7. The zero-order valence-corrected chi connectivity index (χ0v) is 29.5. The van der Waals surface area contributed by atoms with E-state index in [9.17, 15) is 0 Å². The molecule has 0 aliphatic carbocycles. The summed E-state index contributed by atoms with van der Waals surface area (Å²) in [6.45, 7) is 1.98. The van der Waals surface area contributed by atoms with E-state index in [0.29, 0.717) is 23.1 Å². The number of rotatable bonds is 6. The zero-order chi connectivity index (χ0) is 36.2. The smallest absolute Gasteiger partial charge is 0.198 e. The molecular weight excluding hydrogens is 665 g/mol. The van der Waals surface area contributed by atoms with Gasteiger partial charge in [0.25, 0.3) is 0 Å². The van der Waals surface area contributed by atoms with Gasteiger partial charge < -0.3 is 19.9 Å². The van der Waals surface area contributed by atoms with Gasteiger partial charge in [-0.05, 0) is 70.3 Å². The Bertz CT molecular complexity index is 2990. The van der Waals surface area contributed by atoms with Crippen molar-refractivity contribution in [2.24, 2.45) is 9.98 Å². The molecule has 0 fully saturated rings. The van der Waals surface area contributed by atoms with Crippen LogP contribution in [-0.2, 0) is 0 Å². The molecule has 0 saturated carbocycles. The molecular formula is C48H34N4O2. The van der Waals surface area contributed by atoms with E-state index in [2.05, 4.69) is 121 Å². The van der Waals surface area contributed by atoms with Crippen LogP contribution in [0.25, 0.3) is 72.0 Å². The summed E-state index contributed by atoms with van der Waals surface area (Å²) >= 11 is 0. The largest absolute Gasteiger partial charge is 0.456 e. The molecule has 3 heterocycles. The number of fused-ring (bicyclic) bond motifs is 5. The number of anilines is 1. The Kier molecular flexibility index (Phi) is 7.47. The van der Waals surface area contributed by atoms with Crippen molar-refractivity contribution in [1.29, 1.82) is 0 Å². The lowest BCUT2D eigenvalue weighted by atomic mass is 9.95. The third kappa shape index (κ3) is 5.27. The van der Waals surface area contributed by atoms with Crippen LogP contribution in [-0.4, -0.2) is 11.7 Å². The molecule has 6 nitrogen and oxygen atoms in total. The molecule has 6 heteroatoms. The van der Waals surface area contributed by atoms with Crippen molar-refractivity contribution in [1.82, 2.24) is 5.32 Å². The minimum atomic E-state index is -0.430. The Morgan fingerprint density at radius 1 is 0.611 bits per heavy atom. The van der Waals surface area contributed by atoms with E-state index in [4.69, 9.17) is 24.6 Å². The van der Waals surface area contributed by atoms with Gasteiger partial charge in [0.1, 0.15) is 28.8 Å². The minimum absolute atomic E-state index is 0.345. The fraction of sp³-hybridized carbons (Fsp3) is 0.0417. The lowest BCUT2D eigenvalue weighted by molar-refractivity contribution is 0.637. The molecule has 0 saturated heterocycles. The number of para-hydroxylation sites is 1. The van der Waals surface area contributed by atoms with Crippen LogP contribution in [0.15, 0.2) is 177 Å². The summed E-state index contributed by atoms with van der Waals surface area (Å²) in [6, 6.07) is 52.2. The number of amidine groups is 2. The molecule has 3 N–H and O–H groups in total. The molecule has 1 aliphatic heterocycles. The van der Waals surface area contributed by atoms with Gasteiger partial charge in [-0.1, -0.05) is 133 Å². The summed E-state index contributed by atoms with van der Waals surface area (Å²) in [6.07, 6.45) is 3.55. The third-order valence-corrected chi connectivity index (χ3v) is 10.3. The molecule has 0 radical (unpaired) electrons. The highest BCUT2D eigenvalue weighted by atomic mass is 16.3. The Morgan fingerprint density at radius 3 is 2.19 bits per heavy atom. The lowest BCUT2D eigenvalue weighted by Gasteiger charge is -2.24. The minimum Gasteiger partial charge on any atom is -0.456 e. The molecule has 9 aromatic rings. The van der Waals surface area contributed by atoms with Crippen LogP contribution in [0.3, 0.4) is 0 Å². The van der Waals surface area contributed by atoms with Crippen molar-refractivity contribution in [3.8, 4) is 22.3 Å². The molecule has 0 bridgehead atoms. The number of allylic oxidation sites excluding steroid dienone is 1. The van der Waals surface area contributed by atoms with Crippen LogP contribution < -0.4 is 11.1 Å². The average molecular weight is 699 g/mol. The van der Waals surface area contributed by atoms with Gasteiger partial charge in [0.2, 0.25) is 0 Å². The van der Waals surface area contributed by atoms with Gasteiger partial charge in [-0.3, -0.25) is 0 Å². The SMILES string of the molecule is C/C=C\c1c(N)oc2c(-c3ccc(-c4ccccc4)cc3)ccc(C3=NC(c4ccc5ccccc5c4)NC(c4cccc5oc6ccccc6c45)=N3)c12. The summed E-state index contributed by atoms with van der Waals surface area (Å²) in [5.74, 6) is 1.62. The van der Waals surface area contributed by atoms with Crippen molar-refractivity contribution in [3.05, 3.63) is 180 Å². The summed E-state index contributed by atoms with van der Waals surface area (Å²) in [5.41, 5.74) is 16.8. The molecule has 1 unspecified atom stereocenters. The molecule has 0 amide bonds. The number of furan rings is 2. The lowest BCUT2D eigenvalue weighted by Crippen LogP contribution is -2.33. The molecule has 7 aromatic carbocycles. The summed E-state index contributed by atoms with van der Waals surface area (Å²) in [4.78, 5) is 10.6. The van der Waals surface area contributed by atoms with E-state index in [0.717, 1.165) is 71.7 Å². The van der Waals surface area contributed by atoms with Crippen LogP contribution in [0.1, 0.15) is 35.3 Å². The third-order valence-electron chi connectivity index (χ3n) is 10.3. The normalized spacial score (nSPS) is 14.6. The van der Waals surface area contributed by atoms with Crippen molar-refractivity contribution < 1.29 is 8.83 Å². The highest BCUT2D eigenvalue weighted by molar-refractivity contribution is 6.24. The fourth-order valence-electron chi connectivity index (χ4n) is 7.69. The van der Waals surface area contributed by atoms with Crippen molar-refractivity contribution in [3.63, 3.8) is 0 Å².